The number of ether oxygens (including phenoxy) is 6. The van der Waals surface area contributed by atoms with Gasteiger partial charge in [0.25, 0.3) is 12.9 Å². The molecule has 0 fully saturated rings. The highest BCUT2D eigenvalue weighted by Crippen LogP contribution is 2.26. The van der Waals surface area contributed by atoms with Crippen molar-refractivity contribution >= 4 is 53.5 Å². The third kappa shape index (κ3) is 37.0. The van der Waals surface area contributed by atoms with Crippen LogP contribution in [0.3, 0.4) is 0 Å². The van der Waals surface area contributed by atoms with E-state index < -0.39 is 0 Å². The van der Waals surface area contributed by atoms with Crippen molar-refractivity contribution in [1.82, 2.24) is 15.0 Å². The van der Waals surface area contributed by atoms with Gasteiger partial charge >= 0.3 is 24.6 Å². The minimum Gasteiger partial charge on any atom is -0.506 e. The van der Waals surface area contributed by atoms with Gasteiger partial charge in [-0.3, -0.25) is 19.6 Å². The van der Waals surface area contributed by atoms with Crippen LogP contribution in [0.4, 0.5) is 0 Å². The van der Waals surface area contributed by atoms with Gasteiger partial charge in [-0.2, -0.15) is 59.4 Å². The Labute approximate surface area is 557 Å². The molecule has 96 heavy (non-hydrogen) atoms. The first kappa shape index (κ1) is 79.9. The highest BCUT2D eigenvalue weighted by molar-refractivity contribution is 9.10. The maximum atomic E-state index is 10.1. The Morgan fingerprint density at radius 2 is 0.594 bits per heavy atom. The number of aromatic hydroxyl groups is 1. The number of halogens is 1. The largest absolute Gasteiger partial charge is 0.506 e. The van der Waals surface area contributed by atoms with Crippen molar-refractivity contribution in [1.29, 1.82) is 21.0 Å². The number of rotatable bonds is 12. The standard InChI is InChI=1S/C14H9NO3.C14H11NO.C13H8N2O3.C13H10N2O.C7H7Br.C6H7NO.4CO2/c15-9-11-1-3-13(4-2-11)18-14-7-5-12(6-8-14)17-10-16;1-11-2-6-13(7-3-11)16-14-8-4-12(10-15)5-9-14;14-7-10-1-3-11(4-2-10)18-12-5-6-13(15-8-12)17-9-16;1-10-2-5-13(9-15-10)16-12-6-3-11(8-14)4-7-12;1-6-2-4-7(8)5-3-6;1-5-2-3-6(8)4-7-5;4*2-1-3/h1-8,10H;2-9H,1H3;1-6,8-9H;2-7,9H,1H3;2-5H,1H3;2-4,8H,1H3;;;;. The molecule has 0 unspecified atom stereocenters. The summed E-state index contributed by atoms with van der Waals surface area (Å²) in [4.78, 5) is 97.0. The molecule has 10 aromatic rings. The van der Waals surface area contributed by atoms with Crippen LogP contribution in [0.5, 0.6) is 63.4 Å². The van der Waals surface area contributed by atoms with Crippen molar-refractivity contribution < 1.29 is 81.5 Å². The van der Waals surface area contributed by atoms with Gasteiger partial charge in [-0.25, -0.2) is 4.98 Å². The molecule has 0 amide bonds. The van der Waals surface area contributed by atoms with Crippen molar-refractivity contribution in [2.75, 3.05) is 0 Å². The maximum Gasteiger partial charge on any atom is 0.373 e. The third-order valence-corrected chi connectivity index (χ3v) is 11.1. The van der Waals surface area contributed by atoms with E-state index in [4.69, 9.17) is 83.5 Å². The fourth-order valence-corrected chi connectivity index (χ4v) is 6.50. The molecule has 24 nitrogen and oxygen atoms in total. The van der Waals surface area contributed by atoms with Gasteiger partial charge < -0.3 is 33.5 Å². The molecule has 25 heteroatoms. The van der Waals surface area contributed by atoms with Crippen LogP contribution in [-0.4, -0.2) is 57.6 Å². The van der Waals surface area contributed by atoms with Crippen LogP contribution in [0, 0.1) is 73.0 Å². The van der Waals surface area contributed by atoms with Gasteiger partial charge in [0.1, 0.15) is 57.5 Å². The highest BCUT2D eigenvalue weighted by Gasteiger charge is 2.03. The second-order valence-corrected chi connectivity index (χ2v) is 18.3. The SMILES string of the molecule is Cc1ccc(Br)cc1.Cc1ccc(O)cn1.Cc1ccc(Oc2ccc(C#N)cc2)cc1.Cc1ccc(Oc2ccc(C#N)cc2)cn1.N#Cc1ccc(Oc2ccc(OC=O)cc2)cc1.N#Cc1ccc(Oc2ccc(OC=O)nc2)cc1.O=C=O.O=C=O.O=C=O.O=C=O. The van der Waals surface area contributed by atoms with Gasteiger partial charge in [0.05, 0.1) is 65.1 Å². The second kappa shape index (κ2) is 49.7. The lowest BCUT2D eigenvalue weighted by Crippen LogP contribution is -1.92. The zero-order valence-electron chi connectivity index (χ0n) is 51.0. The number of carbonyl (C=O) groups excluding carboxylic acids is 10. The van der Waals surface area contributed by atoms with Crippen molar-refractivity contribution in [2.24, 2.45) is 0 Å². The van der Waals surface area contributed by atoms with E-state index in [2.05, 4.69) is 71.6 Å². The van der Waals surface area contributed by atoms with E-state index in [-0.39, 0.29) is 36.2 Å². The average molecular weight is 1360 g/mol. The number of hydrogen-bond acceptors (Lipinski definition) is 24. The molecular formula is C71H52BrN7O17. The highest BCUT2D eigenvalue weighted by atomic mass is 79.9. The molecule has 480 valence electrons. The summed E-state index contributed by atoms with van der Waals surface area (Å²) in [6.07, 6.45) is 5.54. The molecule has 0 radical (unpaired) electrons. The summed E-state index contributed by atoms with van der Waals surface area (Å²) in [7, 11) is 0. The molecule has 1 N–H and O–H groups in total. The first-order valence-corrected chi connectivity index (χ1v) is 27.5. The van der Waals surface area contributed by atoms with Crippen LogP contribution in [-0.2, 0) is 47.9 Å². The number of carbonyl (C=O) groups is 2. The van der Waals surface area contributed by atoms with Crippen molar-refractivity contribution in [3.8, 4) is 87.7 Å². The Morgan fingerprint density at radius 1 is 0.333 bits per heavy atom. The maximum absolute atomic E-state index is 10.1. The number of nitriles is 4. The van der Waals surface area contributed by atoms with Crippen molar-refractivity contribution in [3.05, 3.63) is 274 Å². The van der Waals surface area contributed by atoms with Gasteiger partial charge in [0.15, 0.2) is 0 Å². The van der Waals surface area contributed by atoms with Crippen molar-refractivity contribution in [2.45, 2.75) is 27.7 Å². The Balaban J connectivity index is 0.000000566. The topological polar surface area (TPSA) is 380 Å². The van der Waals surface area contributed by atoms with Crippen LogP contribution >= 0.6 is 15.9 Å². The van der Waals surface area contributed by atoms with Gasteiger partial charge in [-0.1, -0.05) is 51.3 Å². The quantitative estimate of drug-likeness (QED) is 0.111. The Kier molecular flexibility index (Phi) is 41.4. The lowest BCUT2D eigenvalue weighted by Gasteiger charge is -2.05. The van der Waals surface area contributed by atoms with Crippen LogP contribution in [0.1, 0.15) is 44.8 Å². The molecule has 7 aromatic carbocycles. The molecular weight excluding hydrogens is 1300 g/mol. The number of pyridine rings is 3. The summed E-state index contributed by atoms with van der Waals surface area (Å²) >= 11 is 3.35. The summed E-state index contributed by atoms with van der Waals surface area (Å²) in [6.45, 7) is 8.59. The fraction of sp³-hybridized carbons (Fsp3) is 0.0563. The Bertz CT molecular complexity index is 3850. The number of aromatic nitrogens is 3. The summed E-state index contributed by atoms with van der Waals surface area (Å²) in [6, 6.07) is 68.7. The van der Waals surface area contributed by atoms with Crippen molar-refractivity contribution in [3.63, 3.8) is 0 Å². The minimum atomic E-state index is 0.206. The molecule has 0 aliphatic carbocycles. The van der Waals surface area contributed by atoms with E-state index in [1.165, 1.54) is 29.6 Å². The van der Waals surface area contributed by atoms with E-state index in [1.807, 2.05) is 81.4 Å². The number of aryl methyl sites for hydroxylation is 4. The van der Waals surface area contributed by atoms with Gasteiger partial charge in [-0.15, -0.1) is 0 Å². The van der Waals surface area contributed by atoms with Crippen LogP contribution in [0.2, 0.25) is 0 Å². The molecule has 0 bridgehead atoms. The molecule has 0 spiro atoms. The molecule has 3 heterocycles. The zero-order valence-corrected chi connectivity index (χ0v) is 52.6. The van der Waals surface area contributed by atoms with Gasteiger partial charge in [0.2, 0.25) is 5.88 Å². The predicted molar refractivity (Wildman–Crippen MR) is 339 cm³/mol. The number of nitrogens with zero attached hydrogens (tertiary/aromatic N) is 7. The second-order valence-electron chi connectivity index (χ2n) is 17.4. The van der Waals surface area contributed by atoms with E-state index in [9.17, 15) is 9.59 Å². The van der Waals surface area contributed by atoms with Crippen LogP contribution < -0.4 is 28.4 Å². The zero-order chi connectivity index (χ0) is 71.1. The predicted octanol–water partition coefficient (Wildman–Crippen LogP) is 13.4. The first-order chi connectivity index (χ1) is 46.4. The first-order valence-electron chi connectivity index (χ1n) is 26.7. The molecule has 0 saturated carbocycles. The average Bonchev–Trinajstić information content (AvgIpc) is 1.46. The van der Waals surface area contributed by atoms with Gasteiger partial charge in [-0.05, 0) is 204 Å². The third-order valence-electron chi connectivity index (χ3n) is 10.6. The molecule has 0 atom stereocenters. The number of hydrogen-bond donors (Lipinski definition) is 1. The monoisotopic (exact) mass is 1350 g/mol. The summed E-state index contributed by atoms with van der Waals surface area (Å²) in [5.41, 5.74) is 6.77. The van der Waals surface area contributed by atoms with E-state index in [0.717, 1.165) is 27.4 Å². The summed E-state index contributed by atoms with van der Waals surface area (Å²) in [5, 5.41) is 43.3. The van der Waals surface area contributed by atoms with Crippen LogP contribution in [0.15, 0.2) is 229 Å². The Morgan fingerprint density at radius 3 is 0.854 bits per heavy atom. The molecule has 0 aliphatic rings. The molecule has 0 saturated heterocycles. The van der Waals surface area contributed by atoms with E-state index in [0.29, 0.717) is 75.4 Å². The van der Waals surface area contributed by atoms with E-state index in [1.54, 1.807) is 146 Å². The lowest BCUT2D eigenvalue weighted by atomic mass is 10.2. The molecule has 10 rings (SSSR count). The lowest BCUT2D eigenvalue weighted by molar-refractivity contribution is -0.193. The smallest absolute Gasteiger partial charge is 0.373 e. The Hall–Kier alpha value is -14.1. The normalized spacial score (nSPS) is 8.51. The van der Waals surface area contributed by atoms with Gasteiger partial charge in [0, 0.05) is 21.9 Å². The minimum absolute atomic E-state index is 0.206. The molecule has 3 aromatic heterocycles. The summed E-state index contributed by atoms with van der Waals surface area (Å²) < 4.78 is 32.6. The molecule has 0 aliphatic heterocycles. The fourth-order valence-electron chi connectivity index (χ4n) is 6.24. The van der Waals surface area contributed by atoms with E-state index >= 15 is 0 Å². The summed E-state index contributed by atoms with van der Waals surface area (Å²) in [5.74, 6) is 6.18. The number of benzene rings is 7. The van der Waals surface area contributed by atoms with Crippen LogP contribution in [0.25, 0.3) is 0 Å².